The number of fused-ring (bicyclic) bond motifs is 1. The Morgan fingerprint density at radius 3 is 2.69 bits per heavy atom. The second-order valence-corrected chi connectivity index (χ2v) is 8.75. The molecule has 0 radical (unpaired) electrons. The van der Waals surface area contributed by atoms with Gasteiger partial charge in [0, 0.05) is 55.2 Å². The highest BCUT2D eigenvalue weighted by molar-refractivity contribution is 5.98. The average Bonchev–Trinajstić information content (AvgIpc) is 3.17. The van der Waals surface area contributed by atoms with E-state index in [1.807, 2.05) is 25.1 Å². The largest absolute Gasteiger partial charge is 0.373 e. The number of piperidine rings is 1. The van der Waals surface area contributed by atoms with E-state index in [4.69, 9.17) is 0 Å². The van der Waals surface area contributed by atoms with Gasteiger partial charge in [-0.25, -0.2) is 4.39 Å². The van der Waals surface area contributed by atoms with Crippen molar-refractivity contribution in [2.24, 2.45) is 5.41 Å². The van der Waals surface area contributed by atoms with Crippen LogP contribution in [0.2, 0.25) is 0 Å². The number of nitrogens with one attached hydrogen (secondary N) is 3. The fourth-order valence-corrected chi connectivity index (χ4v) is 4.81. The molecule has 3 aliphatic heterocycles. The maximum absolute atomic E-state index is 14.1. The molecule has 5 rings (SSSR count). The van der Waals surface area contributed by atoms with Gasteiger partial charge < -0.3 is 20.9 Å². The summed E-state index contributed by atoms with van der Waals surface area (Å²) in [4.78, 5) is 15.2. The zero-order valence-corrected chi connectivity index (χ0v) is 16.7. The molecular weight excluding hydrogens is 367 g/mol. The predicted octanol–water partition coefficient (Wildman–Crippen LogP) is 3.30. The molecule has 152 valence electrons. The number of carbonyl (C=O) groups excluding carboxylic acids is 1. The Bertz CT molecular complexity index is 915. The van der Waals surface area contributed by atoms with Crippen LogP contribution >= 0.6 is 0 Å². The summed E-state index contributed by atoms with van der Waals surface area (Å²) >= 11 is 0. The predicted molar refractivity (Wildman–Crippen MR) is 114 cm³/mol. The molecule has 3 heterocycles. The molecule has 2 aromatic rings. The minimum atomic E-state index is -0.454. The zero-order valence-electron chi connectivity index (χ0n) is 16.7. The average molecular weight is 394 g/mol. The fourth-order valence-electron chi connectivity index (χ4n) is 4.81. The lowest BCUT2D eigenvalue weighted by molar-refractivity contribution is -0.116. The first-order valence-electron chi connectivity index (χ1n) is 10.4. The quantitative estimate of drug-likeness (QED) is 0.748. The lowest BCUT2D eigenvalue weighted by atomic mass is 9.73. The van der Waals surface area contributed by atoms with Crippen molar-refractivity contribution in [3.8, 4) is 0 Å². The number of hydrogen-bond acceptors (Lipinski definition) is 4. The zero-order chi connectivity index (χ0) is 20.0. The highest BCUT2D eigenvalue weighted by atomic mass is 19.1. The number of anilines is 3. The van der Waals surface area contributed by atoms with Gasteiger partial charge in [0.2, 0.25) is 5.91 Å². The third-order valence-electron chi connectivity index (χ3n) is 6.81. The van der Waals surface area contributed by atoms with Crippen molar-refractivity contribution in [3.63, 3.8) is 0 Å². The first kappa shape index (κ1) is 18.4. The van der Waals surface area contributed by atoms with E-state index in [0.717, 1.165) is 48.8 Å². The van der Waals surface area contributed by atoms with Crippen LogP contribution in [0.5, 0.6) is 0 Å². The standard InChI is InChI=1S/C23H27FN4O/c1-15-5-6-19(24)18-12-20(27-21(15)18)22(29)26-16-3-2-4-17(11-16)28-9-7-23(8-10-28)13-25-14-23/h2-6,11,20,25,27H,7-10,12-14H2,1H3,(H,26,29). The molecule has 3 aliphatic rings. The summed E-state index contributed by atoms with van der Waals surface area (Å²) in [5.41, 5.74) is 4.77. The normalized spacial score (nSPS) is 22.0. The SMILES string of the molecule is Cc1ccc(F)c2c1NC(C(=O)Nc1cccc(N3CCC4(CC3)CNC4)c1)C2. The van der Waals surface area contributed by atoms with Gasteiger partial charge in [0.1, 0.15) is 11.9 Å². The van der Waals surface area contributed by atoms with Gasteiger partial charge in [0.25, 0.3) is 0 Å². The van der Waals surface area contributed by atoms with Crippen LogP contribution in [0.3, 0.4) is 0 Å². The van der Waals surface area contributed by atoms with Gasteiger partial charge in [-0.1, -0.05) is 12.1 Å². The van der Waals surface area contributed by atoms with Crippen LogP contribution in [0.15, 0.2) is 36.4 Å². The molecule has 6 heteroatoms. The van der Waals surface area contributed by atoms with E-state index in [2.05, 4.69) is 26.9 Å². The van der Waals surface area contributed by atoms with Crippen LogP contribution in [0, 0.1) is 18.2 Å². The van der Waals surface area contributed by atoms with Gasteiger partial charge in [0.15, 0.2) is 0 Å². The summed E-state index contributed by atoms with van der Waals surface area (Å²) < 4.78 is 14.1. The summed E-state index contributed by atoms with van der Waals surface area (Å²) in [5.74, 6) is -0.379. The van der Waals surface area contributed by atoms with Crippen molar-refractivity contribution in [3.05, 3.63) is 53.3 Å². The fraction of sp³-hybridized carbons (Fsp3) is 0.435. The van der Waals surface area contributed by atoms with Crippen molar-refractivity contribution in [2.75, 3.05) is 41.7 Å². The summed E-state index contributed by atoms with van der Waals surface area (Å²) in [6.45, 7) is 6.33. The van der Waals surface area contributed by atoms with E-state index < -0.39 is 6.04 Å². The second kappa shape index (κ2) is 7.02. The van der Waals surface area contributed by atoms with Gasteiger partial charge in [-0.15, -0.1) is 0 Å². The highest BCUT2D eigenvalue weighted by Crippen LogP contribution is 2.37. The van der Waals surface area contributed by atoms with Gasteiger partial charge >= 0.3 is 0 Å². The van der Waals surface area contributed by atoms with Crippen molar-refractivity contribution in [1.82, 2.24) is 5.32 Å². The van der Waals surface area contributed by atoms with Gasteiger partial charge in [-0.3, -0.25) is 4.79 Å². The van der Waals surface area contributed by atoms with Gasteiger partial charge in [0.05, 0.1) is 0 Å². The molecule has 0 aromatic heterocycles. The van der Waals surface area contributed by atoms with E-state index in [-0.39, 0.29) is 11.7 Å². The molecule has 29 heavy (non-hydrogen) atoms. The molecule has 2 saturated heterocycles. The monoisotopic (exact) mass is 394 g/mol. The van der Waals surface area contributed by atoms with Crippen LogP contribution < -0.4 is 20.9 Å². The Balaban J connectivity index is 1.25. The van der Waals surface area contributed by atoms with Crippen molar-refractivity contribution >= 4 is 23.0 Å². The summed E-state index contributed by atoms with van der Waals surface area (Å²) in [5, 5.41) is 9.61. The Labute approximate surface area is 170 Å². The molecule has 5 nitrogen and oxygen atoms in total. The Morgan fingerprint density at radius 2 is 2.00 bits per heavy atom. The molecule has 2 fully saturated rings. The van der Waals surface area contributed by atoms with Crippen LogP contribution in [0.4, 0.5) is 21.5 Å². The Hall–Kier alpha value is -2.60. The van der Waals surface area contributed by atoms with Gasteiger partial charge in [-0.2, -0.15) is 0 Å². The number of nitrogens with zero attached hydrogens (tertiary/aromatic N) is 1. The third-order valence-corrected chi connectivity index (χ3v) is 6.81. The molecule has 3 N–H and O–H groups in total. The summed E-state index contributed by atoms with van der Waals surface area (Å²) in [6, 6.07) is 10.8. The topological polar surface area (TPSA) is 56.4 Å². The minimum Gasteiger partial charge on any atom is -0.373 e. The van der Waals surface area contributed by atoms with Crippen LogP contribution in [-0.4, -0.2) is 38.1 Å². The van der Waals surface area contributed by atoms with E-state index >= 15 is 0 Å². The number of halogens is 1. The minimum absolute atomic E-state index is 0.129. The molecule has 1 amide bonds. The highest BCUT2D eigenvalue weighted by Gasteiger charge is 2.39. The van der Waals surface area contributed by atoms with E-state index in [9.17, 15) is 9.18 Å². The molecule has 1 spiro atoms. The van der Waals surface area contributed by atoms with E-state index in [0.29, 0.717) is 17.4 Å². The lowest BCUT2D eigenvalue weighted by Gasteiger charge is -2.49. The smallest absolute Gasteiger partial charge is 0.247 e. The first-order chi connectivity index (χ1) is 14.0. The number of carbonyl (C=O) groups is 1. The molecular formula is C23H27FN4O. The Morgan fingerprint density at radius 1 is 1.21 bits per heavy atom. The maximum atomic E-state index is 14.1. The Kier molecular flexibility index (Phi) is 4.46. The van der Waals surface area contributed by atoms with Crippen molar-refractivity contribution < 1.29 is 9.18 Å². The van der Waals surface area contributed by atoms with Crippen molar-refractivity contribution in [1.29, 1.82) is 0 Å². The molecule has 2 aromatic carbocycles. The second-order valence-electron chi connectivity index (χ2n) is 8.75. The molecule has 0 bridgehead atoms. The lowest BCUT2D eigenvalue weighted by Crippen LogP contribution is -2.58. The van der Waals surface area contributed by atoms with Crippen LogP contribution in [-0.2, 0) is 11.2 Å². The van der Waals surface area contributed by atoms with Crippen molar-refractivity contribution in [2.45, 2.75) is 32.2 Å². The van der Waals surface area contributed by atoms with Crippen LogP contribution in [0.1, 0.15) is 24.0 Å². The maximum Gasteiger partial charge on any atom is 0.247 e. The molecule has 0 aliphatic carbocycles. The number of aryl methyl sites for hydroxylation is 1. The first-order valence-corrected chi connectivity index (χ1v) is 10.4. The van der Waals surface area contributed by atoms with Crippen LogP contribution in [0.25, 0.3) is 0 Å². The summed E-state index contributed by atoms with van der Waals surface area (Å²) in [7, 11) is 0. The summed E-state index contributed by atoms with van der Waals surface area (Å²) in [6.07, 6.45) is 2.80. The van der Waals surface area contributed by atoms with E-state index in [1.54, 1.807) is 6.07 Å². The number of benzene rings is 2. The van der Waals surface area contributed by atoms with E-state index in [1.165, 1.54) is 18.9 Å². The molecule has 1 unspecified atom stereocenters. The van der Waals surface area contributed by atoms with Gasteiger partial charge in [-0.05, 0) is 55.0 Å². The number of hydrogen-bond donors (Lipinski definition) is 3. The number of rotatable bonds is 3. The number of amides is 1. The molecule has 0 saturated carbocycles. The molecule has 1 atom stereocenters. The third kappa shape index (κ3) is 3.35.